The average molecular weight is 359 g/mol. The Hall–Kier alpha value is -2.39. The van der Waals surface area contributed by atoms with Gasteiger partial charge < -0.3 is 4.90 Å². The summed E-state index contributed by atoms with van der Waals surface area (Å²) < 4.78 is 14.0. The van der Waals surface area contributed by atoms with Gasteiger partial charge in [-0.2, -0.15) is 16.4 Å². The van der Waals surface area contributed by atoms with Crippen LogP contribution in [0.3, 0.4) is 0 Å². The molecule has 3 aromatic heterocycles. The summed E-state index contributed by atoms with van der Waals surface area (Å²) >= 11 is 1.53. The summed E-state index contributed by atoms with van der Waals surface area (Å²) in [5.41, 5.74) is 1.16. The van der Waals surface area contributed by atoms with Crippen molar-refractivity contribution in [1.29, 1.82) is 0 Å². The number of aromatic amines is 1. The van der Waals surface area contributed by atoms with Crippen molar-refractivity contribution in [3.8, 4) is 11.3 Å². The number of aryl methyl sites for hydroxylation is 1. The lowest BCUT2D eigenvalue weighted by atomic mass is 10.2. The normalized spacial score (nSPS) is 15.7. The molecule has 1 aliphatic rings. The Morgan fingerprint density at radius 1 is 1.24 bits per heavy atom. The summed E-state index contributed by atoms with van der Waals surface area (Å²) in [4.78, 5) is 17.4. The fourth-order valence-corrected chi connectivity index (χ4v) is 3.52. The quantitative estimate of drug-likeness (QED) is 0.769. The molecule has 0 radical (unpaired) electrons. The minimum Gasteiger partial charge on any atom is -0.338 e. The van der Waals surface area contributed by atoms with Gasteiger partial charge in [-0.3, -0.25) is 10.00 Å². The Bertz CT molecular complexity index is 840. The summed E-state index contributed by atoms with van der Waals surface area (Å²) in [6.45, 7) is 5.93. The lowest BCUT2D eigenvalue weighted by Crippen LogP contribution is -2.46. The topological polar surface area (TPSA) is 73.8 Å². The Morgan fingerprint density at radius 2 is 2.08 bits per heavy atom. The van der Waals surface area contributed by atoms with Crippen molar-refractivity contribution in [1.82, 2.24) is 30.0 Å². The summed E-state index contributed by atoms with van der Waals surface area (Å²) in [7, 11) is 0. The SMILES string of the molecule is Cc1nc(CN2CCN(c3ncc(F)c(-c4ccsc4)n3)CC2)n[nH]1. The van der Waals surface area contributed by atoms with E-state index in [4.69, 9.17) is 0 Å². The van der Waals surface area contributed by atoms with Crippen LogP contribution in [0.15, 0.2) is 23.0 Å². The largest absolute Gasteiger partial charge is 0.338 e. The third kappa shape index (κ3) is 3.52. The Balaban J connectivity index is 1.43. The van der Waals surface area contributed by atoms with E-state index in [0.29, 0.717) is 11.6 Å². The monoisotopic (exact) mass is 359 g/mol. The summed E-state index contributed by atoms with van der Waals surface area (Å²) in [6, 6.07) is 1.87. The third-order valence-corrected chi connectivity index (χ3v) is 4.87. The van der Waals surface area contributed by atoms with Crippen molar-refractivity contribution in [2.75, 3.05) is 31.1 Å². The number of piperazine rings is 1. The standard InChI is InChI=1S/C16H18FN7S/c1-11-19-14(22-21-11)9-23-3-5-24(6-4-23)16-18-8-13(17)15(20-16)12-2-7-25-10-12/h2,7-8,10H,3-6,9H2,1H3,(H,19,21,22). The zero-order chi connectivity index (χ0) is 17.2. The van der Waals surface area contributed by atoms with Crippen LogP contribution >= 0.6 is 11.3 Å². The lowest BCUT2D eigenvalue weighted by Gasteiger charge is -2.34. The van der Waals surface area contributed by atoms with Crippen LogP contribution in [0.4, 0.5) is 10.3 Å². The second-order valence-corrected chi connectivity index (χ2v) is 6.76. The van der Waals surface area contributed by atoms with Gasteiger partial charge in [-0.25, -0.2) is 19.3 Å². The van der Waals surface area contributed by atoms with E-state index in [1.54, 1.807) is 0 Å². The van der Waals surface area contributed by atoms with Crippen molar-refractivity contribution in [3.63, 3.8) is 0 Å². The van der Waals surface area contributed by atoms with Crippen LogP contribution in [0.5, 0.6) is 0 Å². The van der Waals surface area contributed by atoms with Crippen molar-refractivity contribution >= 4 is 17.3 Å². The molecule has 3 aromatic rings. The maximum Gasteiger partial charge on any atom is 0.226 e. The van der Waals surface area contributed by atoms with Gasteiger partial charge in [0.25, 0.3) is 0 Å². The van der Waals surface area contributed by atoms with E-state index >= 15 is 0 Å². The van der Waals surface area contributed by atoms with Crippen molar-refractivity contribution in [3.05, 3.63) is 40.5 Å². The number of rotatable bonds is 4. The molecule has 0 saturated carbocycles. The van der Waals surface area contributed by atoms with Crippen LogP contribution < -0.4 is 4.90 Å². The molecule has 1 saturated heterocycles. The average Bonchev–Trinajstić information content (AvgIpc) is 3.28. The molecule has 1 N–H and O–H groups in total. The molecule has 7 nitrogen and oxygen atoms in total. The van der Waals surface area contributed by atoms with Crippen LogP contribution in [0.1, 0.15) is 11.6 Å². The van der Waals surface area contributed by atoms with Gasteiger partial charge in [-0.05, 0) is 18.4 Å². The zero-order valence-corrected chi connectivity index (χ0v) is 14.6. The summed E-state index contributed by atoms with van der Waals surface area (Å²) in [6.07, 6.45) is 1.26. The molecule has 4 rings (SSSR count). The van der Waals surface area contributed by atoms with Crippen LogP contribution in [0.25, 0.3) is 11.3 Å². The lowest BCUT2D eigenvalue weighted by molar-refractivity contribution is 0.243. The Morgan fingerprint density at radius 3 is 2.76 bits per heavy atom. The highest BCUT2D eigenvalue weighted by Crippen LogP contribution is 2.24. The number of H-pyrrole nitrogens is 1. The van der Waals surface area contributed by atoms with Crippen LogP contribution in [-0.4, -0.2) is 56.2 Å². The van der Waals surface area contributed by atoms with Gasteiger partial charge in [0.15, 0.2) is 11.6 Å². The van der Waals surface area contributed by atoms with E-state index in [-0.39, 0.29) is 5.82 Å². The molecule has 0 amide bonds. The molecule has 25 heavy (non-hydrogen) atoms. The van der Waals surface area contributed by atoms with Crippen molar-refractivity contribution < 1.29 is 4.39 Å². The van der Waals surface area contributed by atoms with E-state index in [1.807, 2.05) is 23.8 Å². The number of nitrogens with one attached hydrogen (secondary N) is 1. The third-order valence-electron chi connectivity index (χ3n) is 4.19. The van der Waals surface area contributed by atoms with Gasteiger partial charge >= 0.3 is 0 Å². The maximum absolute atomic E-state index is 14.0. The van der Waals surface area contributed by atoms with Gasteiger partial charge in [0.2, 0.25) is 5.95 Å². The molecule has 0 aromatic carbocycles. The van der Waals surface area contributed by atoms with E-state index < -0.39 is 0 Å². The minimum atomic E-state index is -0.388. The molecular formula is C16H18FN7S. The van der Waals surface area contributed by atoms with Crippen LogP contribution in [0.2, 0.25) is 0 Å². The Labute approximate surface area is 148 Å². The number of aromatic nitrogens is 5. The van der Waals surface area contributed by atoms with Gasteiger partial charge in [-0.1, -0.05) is 0 Å². The number of nitrogens with zero attached hydrogens (tertiary/aromatic N) is 6. The predicted molar refractivity (Wildman–Crippen MR) is 93.9 cm³/mol. The zero-order valence-electron chi connectivity index (χ0n) is 13.8. The van der Waals surface area contributed by atoms with E-state index in [2.05, 4.69) is 34.9 Å². The first-order valence-corrected chi connectivity index (χ1v) is 9.03. The van der Waals surface area contributed by atoms with Gasteiger partial charge in [-0.15, -0.1) is 0 Å². The van der Waals surface area contributed by atoms with Crippen LogP contribution in [-0.2, 0) is 6.54 Å². The van der Waals surface area contributed by atoms with Gasteiger partial charge in [0.05, 0.1) is 12.7 Å². The summed E-state index contributed by atoms with van der Waals surface area (Å²) in [5, 5.41) is 10.9. The van der Waals surface area contributed by atoms with E-state index in [1.165, 1.54) is 17.5 Å². The molecule has 9 heteroatoms. The number of hydrogen-bond acceptors (Lipinski definition) is 7. The molecule has 1 aliphatic heterocycles. The summed E-state index contributed by atoms with van der Waals surface area (Å²) in [5.74, 6) is 1.83. The molecule has 130 valence electrons. The van der Waals surface area contributed by atoms with Crippen molar-refractivity contribution in [2.24, 2.45) is 0 Å². The molecule has 0 bridgehead atoms. The highest BCUT2D eigenvalue weighted by atomic mass is 32.1. The van der Waals surface area contributed by atoms with Crippen molar-refractivity contribution in [2.45, 2.75) is 13.5 Å². The fraction of sp³-hybridized carbons (Fsp3) is 0.375. The number of halogens is 1. The Kier molecular flexibility index (Phi) is 4.41. The second-order valence-electron chi connectivity index (χ2n) is 5.98. The first-order chi connectivity index (χ1) is 12.2. The molecule has 0 atom stereocenters. The van der Waals surface area contributed by atoms with Gasteiger partial charge in [0.1, 0.15) is 11.5 Å². The van der Waals surface area contributed by atoms with E-state index in [9.17, 15) is 4.39 Å². The second kappa shape index (κ2) is 6.85. The number of anilines is 1. The van der Waals surface area contributed by atoms with E-state index in [0.717, 1.165) is 49.9 Å². The highest BCUT2D eigenvalue weighted by Gasteiger charge is 2.21. The highest BCUT2D eigenvalue weighted by molar-refractivity contribution is 7.08. The molecule has 0 unspecified atom stereocenters. The molecule has 1 fully saturated rings. The molecule has 0 aliphatic carbocycles. The fourth-order valence-electron chi connectivity index (χ4n) is 2.88. The number of hydrogen-bond donors (Lipinski definition) is 1. The molecular weight excluding hydrogens is 341 g/mol. The minimum absolute atomic E-state index is 0.366. The van der Waals surface area contributed by atoms with Crippen LogP contribution in [0, 0.1) is 12.7 Å². The number of thiophene rings is 1. The first kappa shape index (κ1) is 16.1. The first-order valence-electron chi connectivity index (χ1n) is 8.09. The molecule has 4 heterocycles. The smallest absolute Gasteiger partial charge is 0.226 e. The predicted octanol–water partition coefficient (Wildman–Crippen LogP) is 2.09. The van der Waals surface area contributed by atoms with Gasteiger partial charge in [0, 0.05) is 37.1 Å². The molecule has 0 spiro atoms. The maximum atomic E-state index is 14.0.